The first-order chi connectivity index (χ1) is 15.9. The van der Waals surface area contributed by atoms with Crippen LogP contribution in [0.3, 0.4) is 0 Å². The van der Waals surface area contributed by atoms with Gasteiger partial charge in [0.2, 0.25) is 0 Å². The van der Waals surface area contributed by atoms with Crippen LogP contribution in [0.15, 0.2) is 34.8 Å². The second-order valence-corrected chi connectivity index (χ2v) is 14.3. The molecule has 4 fully saturated rings. The minimum atomic E-state index is 0.168. The third-order valence-corrected chi connectivity index (χ3v) is 9.59. The molecular weight excluding hydrogens is 484 g/mol. The molecule has 0 atom stereocenters. The van der Waals surface area contributed by atoms with Gasteiger partial charge in [0.05, 0.1) is 0 Å². The predicted molar refractivity (Wildman–Crippen MR) is 145 cm³/mol. The van der Waals surface area contributed by atoms with E-state index in [4.69, 9.17) is 9.47 Å². The van der Waals surface area contributed by atoms with E-state index in [1.165, 1.54) is 66.3 Å². The number of hydrogen-bond acceptors (Lipinski definition) is 2. The highest BCUT2D eigenvalue weighted by atomic mass is 79.9. The molecule has 0 saturated heterocycles. The van der Waals surface area contributed by atoms with E-state index in [9.17, 15) is 0 Å². The molecular formula is C31H41BrO2. The van der Waals surface area contributed by atoms with Crippen molar-refractivity contribution >= 4 is 15.9 Å². The lowest BCUT2D eigenvalue weighted by molar-refractivity contribution is -0.152. The van der Waals surface area contributed by atoms with Crippen LogP contribution in [0.2, 0.25) is 0 Å². The quantitative estimate of drug-likeness (QED) is 0.350. The van der Waals surface area contributed by atoms with E-state index in [-0.39, 0.29) is 12.2 Å². The normalized spacial score (nSPS) is 34.1. The van der Waals surface area contributed by atoms with Crippen LogP contribution in [0.5, 0.6) is 5.75 Å². The molecule has 6 rings (SSSR count). The van der Waals surface area contributed by atoms with Gasteiger partial charge in [-0.05, 0) is 96.4 Å². The maximum absolute atomic E-state index is 6.50. The largest absolute Gasteiger partial charge is 0.467 e. The average Bonchev–Trinajstić information content (AvgIpc) is 2.68. The summed E-state index contributed by atoms with van der Waals surface area (Å²) in [5.74, 6) is 1.53. The summed E-state index contributed by atoms with van der Waals surface area (Å²) in [5, 5.41) is 0. The fraction of sp³-hybridized carbons (Fsp3) is 0.613. The van der Waals surface area contributed by atoms with Gasteiger partial charge in [0.1, 0.15) is 5.75 Å². The minimum absolute atomic E-state index is 0.168. The van der Waals surface area contributed by atoms with Crippen LogP contribution in [0.25, 0.3) is 11.1 Å². The maximum Gasteiger partial charge on any atom is 0.188 e. The highest BCUT2D eigenvalue weighted by Crippen LogP contribution is 2.74. The Kier molecular flexibility index (Phi) is 5.81. The van der Waals surface area contributed by atoms with Crippen molar-refractivity contribution in [2.45, 2.75) is 91.4 Å². The van der Waals surface area contributed by atoms with Crippen molar-refractivity contribution in [3.05, 3.63) is 51.5 Å². The molecule has 184 valence electrons. The van der Waals surface area contributed by atoms with Gasteiger partial charge in [0, 0.05) is 28.1 Å². The summed E-state index contributed by atoms with van der Waals surface area (Å²) >= 11 is 3.91. The molecule has 4 saturated carbocycles. The van der Waals surface area contributed by atoms with Gasteiger partial charge in [0.15, 0.2) is 6.79 Å². The fourth-order valence-corrected chi connectivity index (χ4v) is 9.94. The molecule has 0 radical (unpaired) electrons. The van der Waals surface area contributed by atoms with E-state index in [1.54, 1.807) is 7.11 Å². The number of benzene rings is 2. The molecule has 0 aliphatic heterocycles. The van der Waals surface area contributed by atoms with Crippen molar-refractivity contribution in [2.24, 2.45) is 16.2 Å². The first-order valence-electron chi connectivity index (χ1n) is 13.0. The monoisotopic (exact) mass is 524 g/mol. The van der Waals surface area contributed by atoms with Crippen LogP contribution in [0.4, 0.5) is 0 Å². The lowest BCUT2D eigenvalue weighted by Gasteiger charge is -2.69. The predicted octanol–water partition coefficient (Wildman–Crippen LogP) is 9.17. The molecule has 0 aromatic heterocycles. The van der Waals surface area contributed by atoms with Crippen molar-refractivity contribution in [3.63, 3.8) is 0 Å². The third-order valence-electron chi connectivity index (χ3n) is 8.93. The van der Waals surface area contributed by atoms with Crippen LogP contribution in [-0.2, 0) is 10.2 Å². The molecule has 2 aromatic rings. The van der Waals surface area contributed by atoms with Gasteiger partial charge >= 0.3 is 0 Å². The van der Waals surface area contributed by atoms with Gasteiger partial charge in [-0.3, -0.25) is 0 Å². The van der Waals surface area contributed by atoms with Crippen LogP contribution in [0.1, 0.15) is 95.8 Å². The Morgan fingerprint density at radius 1 is 0.853 bits per heavy atom. The zero-order valence-corrected chi connectivity index (χ0v) is 23.7. The minimum Gasteiger partial charge on any atom is -0.467 e. The van der Waals surface area contributed by atoms with Crippen molar-refractivity contribution < 1.29 is 9.47 Å². The summed E-state index contributed by atoms with van der Waals surface area (Å²) in [6.45, 7) is 14.7. The maximum atomic E-state index is 6.50. The molecule has 4 aliphatic carbocycles. The van der Waals surface area contributed by atoms with Gasteiger partial charge in [0.25, 0.3) is 0 Å². The Balaban J connectivity index is 1.71. The lowest BCUT2D eigenvalue weighted by Crippen LogP contribution is -2.60. The Morgan fingerprint density at radius 3 is 1.94 bits per heavy atom. The van der Waals surface area contributed by atoms with E-state index in [0.717, 1.165) is 10.2 Å². The molecule has 34 heavy (non-hydrogen) atoms. The molecule has 0 N–H and O–H groups in total. The molecule has 2 aromatic carbocycles. The van der Waals surface area contributed by atoms with Crippen LogP contribution < -0.4 is 4.74 Å². The Hall–Kier alpha value is -1.32. The topological polar surface area (TPSA) is 18.5 Å². The summed E-state index contributed by atoms with van der Waals surface area (Å²) in [7, 11) is 1.72. The van der Waals surface area contributed by atoms with Crippen molar-refractivity contribution in [1.29, 1.82) is 0 Å². The van der Waals surface area contributed by atoms with Gasteiger partial charge in [-0.15, -0.1) is 0 Å². The summed E-state index contributed by atoms with van der Waals surface area (Å²) in [4.78, 5) is 0. The third kappa shape index (κ3) is 4.05. The van der Waals surface area contributed by atoms with E-state index < -0.39 is 0 Å². The number of hydrogen-bond donors (Lipinski definition) is 0. The molecule has 2 nitrogen and oxygen atoms in total. The Morgan fingerprint density at radius 2 is 1.44 bits per heavy atom. The zero-order chi connectivity index (χ0) is 24.5. The van der Waals surface area contributed by atoms with Crippen LogP contribution in [-0.4, -0.2) is 13.9 Å². The molecule has 4 aliphatic rings. The highest BCUT2D eigenvalue weighted by Gasteiger charge is 2.64. The second kappa shape index (κ2) is 8.10. The Bertz CT molecular complexity index is 1060. The Labute approximate surface area is 214 Å². The first kappa shape index (κ1) is 24.4. The van der Waals surface area contributed by atoms with Crippen molar-refractivity contribution in [2.75, 3.05) is 13.9 Å². The first-order valence-corrected chi connectivity index (χ1v) is 13.8. The second-order valence-electron chi connectivity index (χ2n) is 13.4. The highest BCUT2D eigenvalue weighted by molar-refractivity contribution is 9.10. The summed E-state index contributed by atoms with van der Waals surface area (Å²) in [6.07, 6.45) is 7.91. The van der Waals surface area contributed by atoms with E-state index in [2.05, 4.69) is 87.8 Å². The van der Waals surface area contributed by atoms with Gasteiger partial charge in [-0.25, -0.2) is 0 Å². The number of ether oxygens (including phenoxy) is 2. The smallest absolute Gasteiger partial charge is 0.188 e. The van der Waals surface area contributed by atoms with Crippen molar-refractivity contribution in [1.82, 2.24) is 0 Å². The number of rotatable bonds is 6. The molecule has 0 amide bonds. The molecule has 3 heteroatoms. The van der Waals surface area contributed by atoms with Crippen molar-refractivity contribution in [3.8, 4) is 16.9 Å². The van der Waals surface area contributed by atoms with Gasteiger partial charge in [-0.1, -0.05) is 68.7 Å². The average molecular weight is 526 g/mol. The van der Waals surface area contributed by atoms with E-state index in [0.29, 0.717) is 22.2 Å². The zero-order valence-electron chi connectivity index (χ0n) is 22.1. The molecule has 0 heterocycles. The number of methoxy groups -OCH3 is 1. The summed E-state index contributed by atoms with van der Waals surface area (Å²) < 4.78 is 13.1. The molecule has 0 spiro atoms. The number of aryl methyl sites for hydroxylation is 1. The molecule has 0 unspecified atom stereocenters. The number of halogens is 1. The summed E-state index contributed by atoms with van der Waals surface area (Å²) in [5.41, 5.74) is 7.88. The van der Waals surface area contributed by atoms with Crippen LogP contribution >= 0.6 is 15.9 Å². The van der Waals surface area contributed by atoms with Gasteiger partial charge < -0.3 is 9.47 Å². The summed E-state index contributed by atoms with van der Waals surface area (Å²) in [6, 6.07) is 11.5. The fourth-order valence-electron chi connectivity index (χ4n) is 9.33. The standard InChI is InChI=1S/C31H41BrO2/c1-20(2)22-8-9-23(26(32)12-22)24-10-21(3)11-25(27(24)34-19-33-7)31-16-28(4)13-29(5,17-31)15-30(6,14-28)18-31/h8-12,20H,13-19H2,1-7H3. The van der Waals surface area contributed by atoms with Gasteiger partial charge in [-0.2, -0.15) is 0 Å². The van der Waals surface area contributed by atoms with E-state index in [1.807, 2.05) is 0 Å². The van der Waals surface area contributed by atoms with Crippen LogP contribution in [0, 0.1) is 23.2 Å². The molecule has 4 bridgehead atoms. The lowest BCUT2D eigenvalue weighted by atomic mass is 9.35. The van der Waals surface area contributed by atoms with E-state index >= 15 is 0 Å². The SMILES string of the molecule is COCOc1c(-c2ccc(C(C)C)cc2Br)cc(C)cc1C12CC3(C)CC(C)(CC(C)(C3)C1)C2.